The SMILES string of the molecule is CC1CN(C(=O)c2cc3ccc(F)cc3s2)CC1N. The third kappa shape index (κ3) is 2.24. The van der Waals surface area contributed by atoms with Crippen LogP contribution in [0.5, 0.6) is 0 Å². The third-order valence-corrected chi connectivity index (χ3v) is 4.74. The quantitative estimate of drug-likeness (QED) is 0.871. The van der Waals surface area contributed by atoms with E-state index in [0.29, 0.717) is 23.9 Å². The minimum atomic E-state index is -0.273. The standard InChI is InChI=1S/C14H15FN2OS/c1-8-6-17(7-11(8)16)14(18)13-4-9-2-3-10(15)5-12(9)19-13/h2-5,8,11H,6-7,16H2,1H3. The van der Waals surface area contributed by atoms with E-state index in [0.717, 1.165) is 10.1 Å². The van der Waals surface area contributed by atoms with Crippen molar-refractivity contribution in [3.05, 3.63) is 35.0 Å². The highest BCUT2D eigenvalue weighted by molar-refractivity contribution is 7.20. The summed E-state index contributed by atoms with van der Waals surface area (Å²) in [5.41, 5.74) is 5.94. The Morgan fingerprint density at radius 1 is 1.42 bits per heavy atom. The molecule has 2 aromatic rings. The van der Waals surface area contributed by atoms with E-state index in [1.54, 1.807) is 11.0 Å². The molecule has 1 fully saturated rings. The number of carbonyl (C=O) groups is 1. The van der Waals surface area contributed by atoms with Gasteiger partial charge in [-0.3, -0.25) is 4.79 Å². The number of likely N-dealkylation sites (tertiary alicyclic amines) is 1. The summed E-state index contributed by atoms with van der Waals surface area (Å²) in [5, 5.41) is 0.909. The van der Waals surface area contributed by atoms with Gasteiger partial charge < -0.3 is 10.6 Å². The molecular weight excluding hydrogens is 263 g/mol. The van der Waals surface area contributed by atoms with Crippen molar-refractivity contribution in [3.8, 4) is 0 Å². The van der Waals surface area contributed by atoms with Crippen molar-refractivity contribution in [2.45, 2.75) is 13.0 Å². The number of hydrogen-bond acceptors (Lipinski definition) is 3. The van der Waals surface area contributed by atoms with Gasteiger partial charge in [-0.05, 0) is 29.5 Å². The number of hydrogen-bond donors (Lipinski definition) is 1. The Labute approximate surface area is 114 Å². The fraction of sp³-hybridized carbons (Fsp3) is 0.357. The molecule has 19 heavy (non-hydrogen) atoms. The summed E-state index contributed by atoms with van der Waals surface area (Å²) in [6.45, 7) is 3.35. The van der Waals surface area contributed by atoms with Crippen LogP contribution in [-0.2, 0) is 0 Å². The molecule has 3 rings (SSSR count). The van der Waals surface area contributed by atoms with Gasteiger partial charge in [0.25, 0.3) is 5.91 Å². The Bertz CT molecular complexity index is 629. The van der Waals surface area contributed by atoms with Crippen LogP contribution >= 0.6 is 11.3 Å². The van der Waals surface area contributed by atoms with Gasteiger partial charge in [-0.25, -0.2) is 4.39 Å². The molecule has 0 spiro atoms. The van der Waals surface area contributed by atoms with Gasteiger partial charge in [0.2, 0.25) is 0 Å². The highest BCUT2D eigenvalue weighted by Crippen LogP contribution is 2.28. The summed E-state index contributed by atoms with van der Waals surface area (Å²) < 4.78 is 14.0. The fourth-order valence-electron chi connectivity index (χ4n) is 2.42. The average molecular weight is 278 g/mol. The van der Waals surface area contributed by atoms with Crippen LogP contribution in [0.1, 0.15) is 16.6 Å². The van der Waals surface area contributed by atoms with Crippen LogP contribution in [-0.4, -0.2) is 29.9 Å². The van der Waals surface area contributed by atoms with Crippen LogP contribution in [0.2, 0.25) is 0 Å². The lowest BCUT2D eigenvalue weighted by atomic mass is 10.1. The number of nitrogens with two attached hydrogens (primary N) is 1. The van der Waals surface area contributed by atoms with E-state index in [-0.39, 0.29) is 17.8 Å². The van der Waals surface area contributed by atoms with Crippen molar-refractivity contribution in [3.63, 3.8) is 0 Å². The molecule has 100 valence electrons. The lowest BCUT2D eigenvalue weighted by Crippen LogP contribution is -2.31. The first-order valence-electron chi connectivity index (χ1n) is 6.28. The number of amides is 1. The molecule has 1 saturated heterocycles. The summed E-state index contributed by atoms with van der Waals surface area (Å²) in [7, 11) is 0. The number of benzene rings is 1. The lowest BCUT2D eigenvalue weighted by Gasteiger charge is -2.14. The van der Waals surface area contributed by atoms with Crippen LogP contribution in [0.4, 0.5) is 4.39 Å². The van der Waals surface area contributed by atoms with E-state index in [2.05, 4.69) is 6.92 Å². The van der Waals surface area contributed by atoms with Gasteiger partial charge in [-0.2, -0.15) is 0 Å². The van der Waals surface area contributed by atoms with Crippen molar-refractivity contribution in [2.24, 2.45) is 11.7 Å². The number of rotatable bonds is 1. The summed E-state index contributed by atoms with van der Waals surface area (Å²) in [6.07, 6.45) is 0. The van der Waals surface area contributed by atoms with Gasteiger partial charge in [0.1, 0.15) is 5.82 Å². The molecule has 5 heteroatoms. The molecule has 2 N–H and O–H groups in total. The van der Waals surface area contributed by atoms with Crippen molar-refractivity contribution >= 4 is 27.3 Å². The number of halogens is 1. The highest BCUT2D eigenvalue weighted by atomic mass is 32.1. The summed E-state index contributed by atoms with van der Waals surface area (Å²) in [6, 6.07) is 6.47. The molecular formula is C14H15FN2OS. The largest absolute Gasteiger partial charge is 0.336 e. The van der Waals surface area contributed by atoms with Gasteiger partial charge in [0.05, 0.1) is 4.88 Å². The van der Waals surface area contributed by atoms with Crippen LogP contribution in [0, 0.1) is 11.7 Å². The minimum absolute atomic E-state index is 0.00130. The van der Waals surface area contributed by atoms with Crippen LogP contribution in [0.15, 0.2) is 24.3 Å². The number of carbonyl (C=O) groups excluding carboxylic acids is 1. The van der Waals surface area contributed by atoms with Crippen LogP contribution in [0.3, 0.4) is 0 Å². The van der Waals surface area contributed by atoms with Gasteiger partial charge in [0, 0.05) is 23.8 Å². The number of thiophene rings is 1. The summed E-state index contributed by atoms with van der Waals surface area (Å²) in [5.74, 6) is 0.0577. The molecule has 2 heterocycles. The lowest BCUT2D eigenvalue weighted by molar-refractivity contribution is 0.0791. The second kappa shape index (κ2) is 4.58. The van der Waals surface area contributed by atoms with E-state index in [9.17, 15) is 9.18 Å². The van der Waals surface area contributed by atoms with E-state index in [1.807, 2.05) is 6.07 Å². The maximum atomic E-state index is 13.1. The first kappa shape index (κ1) is 12.6. The maximum absolute atomic E-state index is 13.1. The Hall–Kier alpha value is -1.46. The van der Waals surface area contributed by atoms with Gasteiger partial charge in [-0.15, -0.1) is 11.3 Å². The molecule has 3 nitrogen and oxygen atoms in total. The summed E-state index contributed by atoms with van der Waals surface area (Å²) in [4.78, 5) is 14.8. The molecule has 1 amide bonds. The molecule has 2 unspecified atom stereocenters. The van der Waals surface area contributed by atoms with Crippen LogP contribution in [0.25, 0.3) is 10.1 Å². The average Bonchev–Trinajstić information content (AvgIpc) is 2.92. The first-order chi connectivity index (χ1) is 9.04. The summed E-state index contributed by atoms with van der Waals surface area (Å²) >= 11 is 1.34. The van der Waals surface area contributed by atoms with E-state index in [4.69, 9.17) is 5.73 Å². The molecule has 0 aliphatic carbocycles. The van der Waals surface area contributed by atoms with Crippen LogP contribution < -0.4 is 5.73 Å². The molecule has 1 aromatic carbocycles. The number of nitrogens with zero attached hydrogens (tertiary/aromatic N) is 1. The zero-order chi connectivity index (χ0) is 13.6. The molecule has 1 aliphatic heterocycles. The van der Waals surface area contributed by atoms with E-state index < -0.39 is 0 Å². The van der Waals surface area contributed by atoms with Gasteiger partial charge in [-0.1, -0.05) is 13.0 Å². The molecule has 0 radical (unpaired) electrons. The Balaban J connectivity index is 1.90. The second-order valence-electron chi connectivity index (χ2n) is 5.14. The van der Waals surface area contributed by atoms with Crippen molar-refractivity contribution < 1.29 is 9.18 Å². The van der Waals surface area contributed by atoms with E-state index >= 15 is 0 Å². The number of fused-ring (bicyclic) bond motifs is 1. The topological polar surface area (TPSA) is 46.3 Å². The Kier molecular flexibility index (Phi) is 3.03. The smallest absolute Gasteiger partial charge is 0.264 e. The van der Waals surface area contributed by atoms with E-state index in [1.165, 1.54) is 23.5 Å². The van der Waals surface area contributed by atoms with Gasteiger partial charge >= 0.3 is 0 Å². The predicted molar refractivity (Wildman–Crippen MR) is 74.8 cm³/mol. The molecule has 2 atom stereocenters. The first-order valence-corrected chi connectivity index (χ1v) is 7.10. The zero-order valence-corrected chi connectivity index (χ0v) is 11.4. The normalized spacial score (nSPS) is 23.2. The van der Waals surface area contributed by atoms with Crippen molar-refractivity contribution in [2.75, 3.05) is 13.1 Å². The van der Waals surface area contributed by atoms with Crippen molar-refractivity contribution in [1.29, 1.82) is 0 Å². The fourth-order valence-corrected chi connectivity index (χ4v) is 3.48. The predicted octanol–water partition coefficient (Wildman–Crippen LogP) is 2.46. The molecule has 1 aliphatic rings. The molecule has 0 bridgehead atoms. The third-order valence-electron chi connectivity index (χ3n) is 3.65. The zero-order valence-electron chi connectivity index (χ0n) is 10.6. The maximum Gasteiger partial charge on any atom is 0.264 e. The molecule has 1 aromatic heterocycles. The minimum Gasteiger partial charge on any atom is -0.336 e. The van der Waals surface area contributed by atoms with Crippen molar-refractivity contribution in [1.82, 2.24) is 4.90 Å². The Morgan fingerprint density at radius 3 is 2.89 bits per heavy atom. The molecule has 0 saturated carbocycles. The highest BCUT2D eigenvalue weighted by Gasteiger charge is 2.30. The monoisotopic (exact) mass is 278 g/mol. The second-order valence-corrected chi connectivity index (χ2v) is 6.23. The van der Waals surface area contributed by atoms with Gasteiger partial charge in [0.15, 0.2) is 0 Å². The Morgan fingerprint density at radius 2 is 2.21 bits per heavy atom.